The summed E-state index contributed by atoms with van der Waals surface area (Å²) in [5, 5.41) is 5.81. The fraction of sp³-hybridized carbons (Fsp3) is 0.0476. The minimum Gasteiger partial charge on any atom is -0.322 e. The predicted molar refractivity (Wildman–Crippen MR) is 112 cm³/mol. The number of carbonyl (C=O) groups is 2. The molecule has 0 bridgehead atoms. The number of fused-ring (bicyclic) bond motifs is 2. The van der Waals surface area contributed by atoms with Crippen molar-refractivity contribution in [3.05, 3.63) is 81.8 Å². The number of amides is 2. The molecule has 0 fully saturated rings. The molecule has 134 valence electrons. The highest BCUT2D eigenvalue weighted by Gasteiger charge is 2.20. The predicted octanol–water partition coefficient (Wildman–Crippen LogP) is 5.73. The van der Waals surface area contributed by atoms with Crippen molar-refractivity contribution in [2.45, 2.75) is 16.7 Å². The van der Waals surface area contributed by atoms with Crippen LogP contribution in [-0.2, 0) is 0 Å². The Kier molecular flexibility index (Phi) is 4.76. The van der Waals surface area contributed by atoms with Crippen molar-refractivity contribution in [3.8, 4) is 0 Å². The van der Waals surface area contributed by atoms with E-state index in [0.29, 0.717) is 16.8 Å². The summed E-state index contributed by atoms with van der Waals surface area (Å²) in [6.07, 6.45) is 0. The number of carbonyl (C=O) groups excluding carboxylic acids is 2. The summed E-state index contributed by atoms with van der Waals surface area (Å²) in [5.74, 6) is -0.390. The summed E-state index contributed by atoms with van der Waals surface area (Å²) >= 11 is 4.97. The average molecular weight is 439 g/mol. The lowest BCUT2D eigenvalue weighted by Gasteiger charge is -2.10. The Morgan fingerprint density at radius 3 is 2.67 bits per heavy atom. The third-order valence-electron chi connectivity index (χ3n) is 4.26. The van der Waals surface area contributed by atoms with Crippen LogP contribution in [0.5, 0.6) is 0 Å². The molecule has 3 aromatic rings. The van der Waals surface area contributed by atoms with Crippen LogP contribution in [0.15, 0.2) is 74.9 Å². The zero-order chi connectivity index (χ0) is 19.0. The second-order valence-electron chi connectivity index (χ2n) is 6.18. The topological polar surface area (TPSA) is 58.2 Å². The minimum atomic E-state index is -0.222. The zero-order valence-corrected chi connectivity index (χ0v) is 16.8. The molecule has 0 aromatic heterocycles. The van der Waals surface area contributed by atoms with Gasteiger partial charge in [0.05, 0.1) is 11.3 Å². The SMILES string of the molecule is Cc1cc(NC(=O)c2ccc3c(c2)NC(=O)c2ccccc2S3)ccc1Br. The zero-order valence-electron chi connectivity index (χ0n) is 14.4. The summed E-state index contributed by atoms with van der Waals surface area (Å²) in [7, 11) is 0. The van der Waals surface area contributed by atoms with Gasteiger partial charge in [-0.15, -0.1) is 0 Å². The maximum absolute atomic E-state index is 12.6. The molecular formula is C21H15BrN2O2S. The van der Waals surface area contributed by atoms with Crippen LogP contribution in [0.4, 0.5) is 11.4 Å². The smallest absolute Gasteiger partial charge is 0.256 e. The number of nitrogens with one attached hydrogen (secondary N) is 2. The Morgan fingerprint density at radius 2 is 1.85 bits per heavy atom. The van der Waals surface area contributed by atoms with Crippen LogP contribution >= 0.6 is 27.7 Å². The molecule has 0 unspecified atom stereocenters. The maximum Gasteiger partial charge on any atom is 0.256 e. The van der Waals surface area contributed by atoms with E-state index in [-0.39, 0.29) is 11.8 Å². The number of rotatable bonds is 2. The molecule has 6 heteroatoms. The molecule has 0 radical (unpaired) electrons. The number of hydrogen-bond donors (Lipinski definition) is 2. The van der Waals surface area contributed by atoms with Gasteiger partial charge in [0.15, 0.2) is 0 Å². The summed E-state index contributed by atoms with van der Waals surface area (Å²) < 4.78 is 0.991. The van der Waals surface area contributed by atoms with Crippen molar-refractivity contribution < 1.29 is 9.59 Å². The molecule has 0 atom stereocenters. The van der Waals surface area contributed by atoms with E-state index in [2.05, 4.69) is 26.6 Å². The molecular weight excluding hydrogens is 424 g/mol. The molecule has 0 spiro atoms. The van der Waals surface area contributed by atoms with Crippen LogP contribution in [0.2, 0.25) is 0 Å². The van der Waals surface area contributed by atoms with E-state index in [1.54, 1.807) is 18.2 Å². The van der Waals surface area contributed by atoms with Gasteiger partial charge in [0.25, 0.3) is 11.8 Å². The van der Waals surface area contributed by atoms with E-state index in [1.807, 2.05) is 49.4 Å². The largest absolute Gasteiger partial charge is 0.322 e. The van der Waals surface area contributed by atoms with Crippen LogP contribution in [0.1, 0.15) is 26.3 Å². The van der Waals surface area contributed by atoms with E-state index in [9.17, 15) is 9.59 Å². The maximum atomic E-state index is 12.6. The van der Waals surface area contributed by atoms with Gasteiger partial charge in [0.2, 0.25) is 0 Å². The molecule has 1 aliphatic heterocycles. The number of halogens is 1. The number of anilines is 2. The van der Waals surface area contributed by atoms with E-state index >= 15 is 0 Å². The van der Waals surface area contributed by atoms with Gasteiger partial charge < -0.3 is 10.6 Å². The first-order valence-corrected chi connectivity index (χ1v) is 9.92. The summed E-state index contributed by atoms with van der Waals surface area (Å²) in [6.45, 7) is 1.96. The lowest BCUT2D eigenvalue weighted by molar-refractivity contribution is 0.101. The first-order valence-electron chi connectivity index (χ1n) is 8.31. The molecule has 0 aliphatic carbocycles. The molecule has 0 saturated heterocycles. The van der Waals surface area contributed by atoms with Crippen molar-refractivity contribution in [3.63, 3.8) is 0 Å². The normalized spacial score (nSPS) is 12.4. The summed E-state index contributed by atoms with van der Waals surface area (Å²) in [6, 6.07) is 18.5. The van der Waals surface area contributed by atoms with E-state index in [1.165, 1.54) is 11.8 Å². The Bertz CT molecular complexity index is 1080. The van der Waals surface area contributed by atoms with Gasteiger partial charge in [-0.25, -0.2) is 0 Å². The van der Waals surface area contributed by atoms with Crippen LogP contribution in [0.3, 0.4) is 0 Å². The standard InChI is InChI=1S/C21H15BrN2O2S/c1-12-10-14(7-8-16(12)22)23-20(25)13-6-9-19-17(11-13)24-21(26)15-4-2-3-5-18(15)27-19/h2-11H,1H3,(H,23,25)(H,24,26). The lowest BCUT2D eigenvalue weighted by Crippen LogP contribution is -2.14. The van der Waals surface area contributed by atoms with Crippen LogP contribution < -0.4 is 10.6 Å². The fourth-order valence-electron chi connectivity index (χ4n) is 2.83. The second kappa shape index (κ2) is 7.21. The molecule has 27 heavy (non-hydrogen) atoms. The molecule has 3 aromatic carbocycles. The van der Waals surface area contributed by atoms with Crippen molar-refractivity contribution in [1.82, 2.24) is 0 Å². The summed E-state index contributed by atoms with van der Waals surface area (Å²) in [5.41, 5.74) is 3.52. The number of benzene rings is 3. The third-order valence-corrected chi connectivity index (χ3v) is 6.30. The van der Waals surface area contributed by atoms with E-state index in [0.717, 1.165) is 25.5 Å². The second-order valence-corrected chi connectivity index (χ2v) is 8.12. The molecule has 2 N–H and O–H groups in total. The average Bonchev–Trinajstić information content (AvgIpc) is 2.80. The lowest BCUT2D eigenvalue weighted by atomic mass is 10.1. The minimum absolute atomic E-state index is 0.169. The Balaban J connectivity index is 1.61. The Hall–Kier alpha value is -2.57. The monoisotopic (exact) mass is 438 g/mol. The fourth-order valence-corrected chi connectivity index (χ4v) is 4.09. The first kappa shape index (κ1) is 17.8. The molecule has 2 amide bonds. The highest BCUT2D eigenvalue weighted by molar-refractivity contribution is 9.10. The van der Waals surface area contributed by atoms with Crippen molar-refractivity contribution in [2.24, 2.45) is 0 Å². The Morgan fingerprint density at radius 1 is 1.04 bits per heavy atom. The highest BCUT2D eigenvalue weighted by Crippen LogP contribution is 2.39. The van der Waals surface area contributed by atoms with Crippen molar-refractivity contribution in [1.29, 1.82) is 0 Å². The first-order chi connectivity index (χ1) is 13.0. The van der Waals surface area contributed by atoms with Gasteiger partial charge in [0, 0.05) is 25.5 Å². The van der Waals surface area contributed by atoms with Crippen molar-refractivity contribution in [2.75, 3.05) is 10.6 Å². The van der Waals surface area contributed by atoms with E-state index in [4.69, 9.17) is 0 Å². The molecule has 1 heterocycles. The van der Waals surface area contributed by atoms with Crippen LogP contribution in [0.25, 0.3) is 0 Å². The number of hydrogen-bond acceptors (Lipinski definition) is 3. The van der Waals surface area contributed by atoms with E-state index < -0.39 is 0 Å². The third kappa shape index (κ3) is 3.63. The Labute approximate surface area is 169 Å². The molecule has 1 aliphatic rings. The quantitative estimate of drug-likeness (QED) is 0.537. The summed E-state index contributed by atoms with van der Waals surface area (Å²) in [4.78, 5) is 26.9. The van der Waals surface area contributed by atoms with Crippen LogP contribution in [0, 0.1) is 6.92 Å². The number of aryl methyl sites for hydroxylation is 1. The highest BCUT2D eigenvalue weighted by atomic mass is 79.9. The molecule has 4 nitrogen and oxygen atoms in total. The van der Waals surface area contributed by atoms with Crippen LogP contribution in [-0.4, -0.2) is 11.8 Å². The molecule has 4 rings (SSSR count). The van der Waals surface area contributed by atoms with Gasteiger partial charge in [-0.2, -0.15) is 0 Å². The van der Waals surface area contributed by atoms with Gasteiger partial charge in [-0.05, 0) is 61.0 Å². The van der Waals surface area contributed by atoms with Gasteiger partial charge in [-0.1, -0.05) is 39.8 Å². The van der Waals surface area contributed by atoms with Gasteiger partial charge in [0.1, 0.15) is 0 Å². The van der Waals surface area contributed by atoms with Gasteiger partial charge in [-0.3, -0.25) is 9.59 Å². The molecule has 0 saturated carbocycles. The van der Waals surface area contributed by atoms with Crippen molar-refractivity contribution >= 4 is 50.9 Å². The van der Waals surface area contributed by atoms with Gasteiger partial charge >= 0.3 is 0 Å².